The summed E-state index contributed by atoms with van der Waals surface area (Å²) in [6.45, 7) is 10.1. The van der Waals surface area contributed by atoms with Gasteiger partial charge in [0.1, 0.15) is 0 Å². The topological polar surface area (TPSA) is 58.4 Å². The van der Waals surface area contributed by atoms with Gasteiger partial charge in [-0.3, -0.25) is 4.79 Å². The predicted octanol–water partition coefficient (Wildman–Crippen LogP) is 1.77. The Balaban J connectivity index is 2.42. The number of anilines is 1. The van der Waals surface area contributed by atoms with Gasteiger partial charge < -0.3 is 16.0 Å². The van der Waals surface area contributed by atoms with Gasteiger partial charge in [-0.1, -0.05) is 13.8 Å². The Bertz CT molecular complexity index is 385. The quantitative estimate of drug-likeness (QED) is 0.554. The Morgan fingerprint density at radius 2 is 1.84 bits per heavy atom. The highest BCUT2D eigenvalue weighted by atomic mass is 16.1. The maximum Gasteiger partial charge on any atom is 0.179 e. The van der Waals surface area contributed by atoms with E-state index < -0.39 is 0 Å². The number of hydrogen-bond acceptors (Lipinski definition) is 4. The van der Waals surface area contributed by atoms with Gasteiger partial charge in [0, 0.05) is 24.3 Å². The number of nitrogen functional groups attached to an aromatic ring is 1. The third kappa shape index (κ3) is 5.01. The average molecular weight is 263 g/mol. The van der Waals surface area contributed by atoms with Crippen molar-refractivity contribution in [1.82, 2.24) is 10.2 Å². The molecule has 1 atom stereocenters. The number of hydrogen-bond donors (Lipinski definition) is 2. The van der Waals surface area contributed by atoms with Crippen LogP contribution in [0.5, 0.6) is 0 Å². The summed E-state index contributed by atoms with van der Waals surface area (Å²) in [6.07, 6.45) is 0. The molecule has 0 saturated heterocycles. The zero-order valence-corrected chi connectivity index (χ0v) is 12.1. The van der Waals surface area contributed by atoms with E-state index in [-0.39, 0.29) is 11.8 Å². The van der Waals surface area contributed by atoms with Crippen LogP contribution < -0.4 is 11.1 Å². The van der Waals surface area contributed by atoms with Crippen LogP contribution >= 0.6 is 0 Å². The van der Waals surface area contributed by atoms with E-state index in [4.69, 9.17) is 5.73 Å². The van der Waals surface area contributed by atoms with Gasteiger partial charge in [0.2, 0.25) is 0 Å². The number of benzene rings is 1. The zero-order valence-electron chi connectivity index (χ0n) is 12.1. The second-order valence-corrected chi connectivity index (χ2v) is 4.69. The highest BCUT2D eigenvalue weighted by molar-refractivity contribution is 6.00. The molecule has 106 valence electrons. The molecule has 4 nitrogen and oxygen atoms in total. The first-order valence-corrected chi connectivity index (χ1v) is 6.94. The predicted molar refractivity (Wildman–Crippen MR) is 80.4 cm³/mol. The zero-order chi connectivity index (χ0) is 14.3. The van der Waals surface area contributed by atoms with E-state index in [0.717, 1.165) is 26.2 Å². The molecule has 0 aliphatic heterocycles. The number of nitrogens with zero attached hydrogens (tertiary/aromatic N) is 1. The highest BCUT2D eigenvalue weighted by Gasteiger charge is 2.14. The SMILES string of the molecule is CCN(CC)CCNC(C)C(=O)c1ccc(N)cc1. The molecule has 1 unspecified atom stereocenters. The smallest absolute Gasteiger partial charge is 0.179 e. The Kier molecular flexibility index (Phi) is 6.53. The molecule has 1 aromatic carbocycles. The summed E-state index contributed by atoms with van der Waals surface area (Å²) < 4.78 is 0. The molecule has 0 fully saturated rings. The van der Waals surface area contributed by atoms with Crippen LogP contribution in [0.4, 0.5) is 5.69 Å². The van der Waals surface area contributed by atoms with Crippen LogP contribution in [0.3, 0.4) is 0 Å². The molecule has 1 aromatic rings. The number of carbonyl (C=O) groups excluding carboxylic acids is 1. The van der Waals surface area contributed by atoms with Crippen molar-refractivity contribution in [2.24, 2.45) is 0 Å². The first kappa shape index (κ1) is 15.7. The molecule has 0 aliphatic rings. The monoisotopic (exact) mass is 263 g/mol. The second-order valence-electron chi connectivity index (χ2n) is 4.69. The Morgan fingerprint density at radius 3 is 2.37 bits per heavy atom. The molecule has 0 saturated carbocycles. The summed E-state index contributed by atoms with van der Waals surface area (Å²) in [5.41, 5.74) is 7.00. The summed E-state index contributed by atoms with van der Waals surface area (Å²) in [4.78, 5) is 14.5. The molecular formula is C15H25N3O. The molecule has 0 aromatic heterocycles. The Hall–Kier alpha value is -1.39. The van der Waals surface area contributed by atoms with E-state index in [2.05, 4.69) is 24.1 Å². The van der Waals surface area contributed by atoms with E-state index in [9.17, 15) is 4.79 Å². The van der Waals surface area contributed by atoms with Crippen molar-refractivity contribution >= 4 is 11.5 Å². The fraction of sp³-hybridized carbons (Fsp3) is 0.533. The van der Waals surface area contributed by atoms with Crippen molar-refractivity contribution in [1.29, 1.82) is 0 Å². The summed E-state index contributed by atoms with van der Waals surface area (Å²) in [7, 11) is 0. The first-order valence-electron chi connectivity index (χ1n) is 6.94. The van der Waals surface area contributed by atoms with Crippen molar-refractivity contribution in [2.75, 3.05) is 31.9 Å². The van der Waals surface area contributed by atoms with Crippen molar-refractivity contribution in [3.63, 3.8) is 0 Å². The van der Waals surface area contributed by atoms with Gasteiger partial charge in [-0.25, -0.2) is 0 Å². The van der Waals surface area contributed by atoms with Gasteiger partial charge in [0.05, 0.1) is 6.04 Å². The fourth-order valence-electron chi connectivity index (χ4n) is 1.97. The van der Waals surface area contributed by atoms with E-state index in [0.29, 0.717) is 11.3 Å². The molecular weight excluding hydrogens is 238 g/mol. The number of ketones is 1. The number of rotatable bonds is 8. The van der Waals surface area contributed by atoms with Crippen LogP contribution in [0.2, 0.25) is 0 Å². The fourth-order valence-corrected chi connectivity index (χ4v) is 1.97. The molecule has 0 amide bonds. The maximum atomic E-state index is 12.2. The molecule has 0 aliphatic carbocycles. The van der Waals surface area contributed by atoms with Crippen LogP contribution in [0.15, 0.2) is 24.3 Å². The molecule has 19 heavy (non-hydrogen) atoms. The molecule has 0 spiro atoms. The summed E-state index contributed by atoms with van der Waals surface area (Å²) in [6, 6.07) is 6.91. The van der Waals surface area contributed by atoms with Crippen LogP contribution in [-0.4, -0.2) is 42.9 Å². The van der Waals surface area contributed by atoms with Gasteiger partial charge >= 0.3 is 0 Å². The van der Waals surface area contributed by atoms with Gasteiger partial charge in [0.25, 0.3) is 0 Å². The van der Waals surface area contributed by atoms with Gasteiger partial charge in [-0.05, 0) is 44.3 Å². The number of Topliss-reactive ketones (excluding diaryl/α,β-unsaturated/α-hetero) is 1. The first-order chi connectivity index (χ1) is 9.08. The Morgan fingerprint density at radius 1 is 1.26 bits per heavy atom. The third-order valence-corrected chi connectivity index (χ3v) is 3.36. The number of carbonyl (C=O) groups is 1. The molecule has 1 rings (SSSR count). The molecule has 0 radical (unpaired) electrons. The standard InChI is InChI=1S/C15H25N3O/c1-4-18(5-2)11-10-17-12(3)15(19)13-6-8-14(16)9-7-13/h6-9,12,17H,4-5,10-11,16H2,1-3H3. The largest absolute Gasteiger partial charge is 0.399 e. The number of likely N-dealkylation sites (N-methyl/N-ethyl adjacent to an activating group) is 1. The van der Waals surface area contributed by atoms with Crippen molar-refractivity contribution in [3.8, 4) is 0 Å². The van der Waals surface area contributed by atoms with Gasteiger partial charge in [-0.2, -0.15) is 0 Å². The summed E-state index contributed by atoms with van der Waals surface area (Å²) in [5, 5.41) is 3.27. The Labute approximate surface area is 116 Å². The highest BCUT2D eigenvalue weighted by Crippen LogP contribution is 2.08. The van der Waals surface area contributed by atoms with E-state index in [1.807, 2.05) is 6.92 Å². The van der Waals surface area contributed by atoms with Crippen LogP contribution in [0.1, 0.15) is 31.1 Å². The minimum Gasteiger partial charge on any atom is -0.399 e. The van der Waals surface area contributed by atoms with E-state index >= 15 is 0 Å². The van der Waals surface area contributed by atoms with E-state index in [1.54, 1.807) is 24.3 Å². The molecule has 3 N–H and O–H groups in total. The average Bonchev–Trinajstić information content (AvgIpc) is 2.43. The lowest BCUT2D eigenvalue weighted by Crippen LogP contribution is -2.39. The van der Waals surface area contributed by atoms with Crippen molar-refractivity contribution in [3.05, 3.63) is 29.8 Å². The summed E-state index contributed by atoms with van der Waals surface area (Å²) >= 11 is 0. The lowest BCUT2D eigenvalue weighted by Gasteiger charge is -2.20. The van der Waals surface area contributed by atoms with Gasteiger partial charge in [0.15, 0.2) is 5.78 Å². The summed E-state index contributed by atoms with van der Waals surface area (Å²) in [5.74, 6) is 0.111. The van der Waals surface area contributed by atoms with Crippen molar-refractivity contribution in [2.45, 2.75) is 26.8 Å². The minimum atomic E-state index is -0.167. The molecule has 0 heterocycles. The maximum absolute atomic E-state index is 12.2. The second kappa shape index (κ2) is 7.92. The van der Waals surface area contributed by atoms with Crippen LogP contribution in [0.25, 0.3) is 0 Å². The van der Waals surface area contributed by atoms with Gasteiger partial charge in [-0.15, -0.1) is 0 Å². The van der Waals surface area contributed by atoms with Crippen LogP contribution in [0, 0.1) is 0 Å². The van der Waals surface area contributed by atoms with Crippen LogP contribution in [-0.2, 0) is 0 Å². The molecule has 0 bridgehead atoms. The third-order valence-electron chi connectivity index (χ3n) is 3.36. The minimum absolute atomic E-state index is 0.111. The normalized spacial score (nSPS) is 12.6. The molecule has 4 heteroatoms. The lowest BCUT2D eigenvalue weighted by atomic mass is 10.1. The number of nitrogens with two attached hydrogens (primary N) is 1. The number of nitrogens with one attached hydrogen (secondary N) is 1. The van der Waals surface area contributed by atoms with Crippen molar-refractivity contribution < 1.29 is 4.79 Å². The lowest BCUT2D eigenvalue weighted by molar-refractivity contribution is 0.0949. The van der Waals surface area contributed by atoms with E-state index in [1.165, 1.54) is 0 Å².